The fourth-order valence-electron chi connectivity index (χ4n) is 1.17. The van der Waals surface area contributed by atoms with Crippen LogP contribution >= 0.6 is 11.8 Å². The second-order valence-corrected chi connectivity index (χ2v) is 5.12. The molecule has 0 spiro atoms. The summed E-state index contributed by atoms with van der Waals surface area (Å²) in [6.07, 6.45) is 0. The van der Waals surface area contributed by atoms with E-state index in [1.807, 2.05) is 50.2 Å². The molecular formula is C13H18N4S. The van der Waals surface area contributed by atoms with Crippen LogP contribution in [0.3, 0.4) is 0 Å². The summed E-state index contributed by atoms with van der Waals surface area (Å²) >= 11 is 1.41. The van der Waals surface area contributed by atoms with E-state index in [1.165, 1.54) is 11.8 Å². The van der Waals surface area contributed by atoms with Crippen molar-refractivity contribution in [2.45, 2.75) is 6.92 Å². The topological polar surface area (TPSA) is 40.3 Å². The molecule has 0 atom stereocenters. The van der Waals surface area contributed by atoms with Crippen molar-refractivity contribution in [3.63, 3.8) is 0 Å². The van der Waals surface area contributed by atoms with Gasteiger partial charge >= 0.3 is 0 Å². The average molecular weight is 262 g/mol. The molecule has 0 aliphatic heterocycles. The normalized spacial score (nSPS) is 11.9. The third-order valence-corrected chi connectivity index (χ3v) is 3.02. The fourth-order valence-corrected chi connectivity index (χ4v) is 1.68. The summed E-state index contributed by atoms with van der Waals surface area (Å²) in [5.74, 6) is 0. The van der Waals surface area contributed by atoms with E-state index in [0.717, 1.165) is 16.4 Å². The van der Waals surface area contributed by atoms with E-state index in [1.54, 1.807) is 7.05 Å². The number of hydrogen-bond donors (Lipinski definition) is 0. The summed E-state index contributed by atoms with van der Waals surface area (Å²) in [7, 11) is 5.75. The molecule has 0 saturated heterocycles. The van der Waals surface area contributed by atoms with Gasteiger partial charge in [-0.05, 0) is 31.2 Å². The lowest BCUT2D eigenvalue weighted by Gasteiger charge is -2.11. The summed E-state index contributed by atoms with van der Waals surface area (Å²) in [6, 6.07) is 7.86. The van der Waals surface area contributed by atoms with E-state index in [0.29, 0.717) is 5.03 Å². The van der Waals surface area contributed by atoms with Crippen molar-refractivity contribution < 1.29 is 0 Å². The molecule has 1 aromatic rings. The number of nitrogens with zero attached hydrogens (tertiary/aromatic N) is 4. The van der Waals surface area contributed by atoms with Gasteiger partial charge in [-0.1, -0.05) is 18.3 Å². The van der Waals surface area contributed by atoms with Gasteiger partial charge in [-0.25, -0.2) is 0 Å². The van der Waals surface area contributed by atoms with Crippen LogP contribution in [0.15, 0.2) is 51.1 Å². The predicted molar refractivity (Wildman–Crippen MR) is 81.0 cm³/mol. The highest BCUT2D eigenvalue weighted by atomic mass is 32.2. The average Bonchev–Trinajstić information content (AvgIpc) is 2.36. The van der Waals surface area contributed by atoms with Crippen LogP contribution in [0.1, 0.15) is 6.92 Å². The van der Waals surface area contributed by atoms with Gasteiger partial charge in [0.25, 0.3) is 0 Å². The first-order valence-corrected chi connectivity index (χ1v) is 6.34. The standard InChI is InChI=1S/C13H18N4S/c1-10(14-3)18-11(2)15-16-12-6-8-13(9-7-12)17(4)5/h6-9H,2H2,1,3-5H3. The molecule has 96 valence electrons. The van der Waals surface area contributed by atoms with Crippen molar-refractivity contribution in [3.8, 4) is 0 Å². The van der Waals surface area contributed by atoms with E-state index in [2.05, 4.69) is 21.8 Å². The number of azo groups is 1. The monoisotopic (exact) mass is 262 g/mol. The van der Waals surface area contributed by atoms with E-state index in [9.17, 15) is 0 Å². The maximum atomic E-state index is 4.13. The molecule has 18 heavy (non-hydrogen) atoms. The Balaban J connectivity index is 2.64. The van der Waals surface area contributed by atoms with Crippen LogP contribution in [-0.2, 0) is 0 Å². The number of hydrogen-bond acceptors (Lipinski definition) is 5. The third kappa shape index (κ3) is 4.71. The molecule has 0 unspecified atom stereocenters. The molecule has 0 saturated carbocycles. The minimum atomic E-state index is 0.634. The predicted octanol–water partition coefficient (Wildman–Crippen LogP) is 4.09. The maximum Gasteiger partial charge on any atom is 0.117 e. The molecule has 4 nitrogen and oxygen atoms in total. The van der Waals surface area contributed by atoms with Crippen molar-refractivity contribution in [1.82, 2.24) is 0 Å². The van der Waals surface area contributed by atoms with E-state index in [4.69, 9.17) is 0 Å². The summed E-state index contributed by atoms with van der Waals surface area (Å²) in [4.78, 5) is 6.06. The van der Waals surface area contributed by atoms with Crippen LogP contribution < -0.4 is 4.90 Å². The van der Waals surface area contributed by atoms with Crippen LogP contribution in [0.2, 0.25) is 0 Å². The van der Waals surface area contributed by atoms with Gasteiger partial charge in [-0.15, -0.1) is 5.11 Å². The number of benzene rings is 1. The quantitative estimate of drug-likeness (QED) is 0.466. The number of rotatable bonds is 4. The van der Waals surface area contributed by atoms with Crippen LogP contribution in [0.25, 0.3) is 0 Å². The van der Waals surface area contributed by atoms with Crippen LogP contribution in [0, 0.1) is 0 Å². The Labute approximate surface area is 113 Å². The lowest BCUT2D eigenvalue weighted by molar-refractivity contribution is 1.13. The molecule has 0 heterocycles. The molecule has 0 fully saturated rings. The first-order chi connectivity index (χ1) is 8.52. The van der Waals surface area contributed by atoms with Gasteiger partial charge in [-0.3, -0.25) is 4.99 Å². The summed E-state index contributed by atoms with van der Waals surface area (Å²) < 4.78 is 0. The Bertz CT molecular complexity index is 460. The Morgan fingerprint density at radius 2 is 1.83 bits per heavy atom. The molecule has 1 aromatic carbocycles. The largest absolute Gasteiger partial charge is 0.378 e. The minimum absolute atomic E-state index is 0.634. The number of anilines is 1. The Morgan fingerprint density at radius 3 is 2.33 bits per heavy atom. The second-order valence-electron chi connectivity index (χ2n) is 3.85. The Morgan fingerprint density at radius 1 is 1.22 bits per heavy atom. The highest BCUT2D eigenvalue weighted by Gasteiger charge is 1.97. The van der Waals surface area contributed by atoms with Gasteiger partial charge in [0.1, 0.15) is 5.03 Å². The lowest BCUT2D eigenvalue weighted by atomic mass is 10.3. The molecule has 0 bridgehead atoms. The van der Waals surface area contributed by atoms with Gasteiger partial charge in [0, 0.05) is 26.8 Å². The highest BCUT2D eigenvalue weighted by molar-refractivity contribution is 8.17. The molecule has 0 radical (unpaired) electrons. The van der Waals surface area contributed by atoms with Crippen LogP contribution in [0.5, 0.6) is 0 Å². The molecule has 0 aromatic heterocycles. The Kier molecular flexibility index (Phi) is 5.58. The van der Waals surface area contributed by atoms with E-state index >= 15 is 0 Å². The smallest absolute Gasteiger partial charge is 0.117 e. The highest BCUT2D eigenvalue weighted by Crippen LogP contribution is 2.22. The summed E-state index contributed by atoms with van der Waals surface area (Å²) in [5, 5.41) is 9.73. The third-order valence-electron chi connectivity index (χ3n) is 2.22. The fraction of sp³-hybridized carbons (Fsp3) is 0.308. The van der Waals surface area contributed by atoms with Crippen LogP contribution in [-0.4, -0.2) is 26.2 Å². The zero-order valence-electron chi connectivity index (χ0n) is 11.2. The first-order valence-electron chi connectivity index (χ1n) is 5.52. The van der Waals surface area contributed by atoms with Crippen molar-refractivity contribution in [3.05, 3.63) is 35.9 Å². The molecule has 0 aliphatic carbocycles. The van der Waals surface area contributed by atoms with Crippen molar-refractivity contribution in [2.24, 2.45) is 15.2 Å². The number of aliphatic imine (C=N–C) groups is 1. The summed E-state index contributed by atoms with van der Waals surface area (Å²) in [6.45, 7) is 5.73. The SMILES string of the molecule is C=C(N=Nc1ccc(N(C)C)cc1)SC(C)=NC. The molecular weight excluding hydrogens is 244 g/mol. The summed E-state index contributed by atoms with van der Waals surface area (Å²) in [5.41, 5.74) is 1.95. The van der Waals surface area contributed by atoms with Gasteiger partial charge in [0.05, 0.1) is 10.7 Å². The molecule has 0 aliphatic rings. The zero-order chi connectivity index (χ0) is 13.5. The molecule has 0 N–H and O–H groups in total. The molecule has 0 amide bonds. The minimum Gasteiger partial charge on any atom is -0.378 e. The Hall–Kier alpha value is -1.62. The van der Waals surface area contributed by atoms with Crippen LogP contribution in [0.4, 0.5) is 11.4 Å². The number of thioether (sulfide) groups is 1. The van der Waals surface area contributed by atoms with Crippen molar-refractivity contribution in [2.75, 3.05) is 26.0 Å². The van der Waals surface area contributed by atoms with Gasteiger partial charge in [0.15, 0.2) is 0 Å². The molecule has 5 heteroatoms. The van der Waals surface area contributed by atoms with E-state index in [-0.39, 0.29) is 0 Å². The van der Waals surface area contributed by atoms with Crippen molar-refractivity contribution in [1.29, 1.82) is 0 Å². The van der Waals surface area contributed by atoms with Gasteiger partial charge in [0.2, 0.25) is 0 Å². The van der Waals surface area contributed by atoms with E-state index < -0.39 is 0 Å². The van der Waals surface area contributed by atoms with Gasteiger partial charge < -0.3 is 4.90 Å². The first kappa shape index (κ1) is 14.4. The second kappa shape index (κ2) is 6.96. The van der Waals surface area contributed by atoms with Gasteiger partial charge in [-0.2, -0.15) is 5.11 Å². The zero-order valence-corrected chi connectivity index (χ0v) is 12.0. The maximum absolute atomic E-state index is 4.13. The molecule has 1 rings (SSSR count). The van der Waals surface area contributed by atoms with Crippen molar-refractivity contribution >= 4 is 28.2 Å². The lowest BCUT2D eigenvalue weighted by Crippen LogP contribution is -2.07.